The van der Waals surface area contributed by atoms with Gasteiger partial charge in [0.1, 0.15) is 18.1 Å². The molecule has 4 aromatic heterocycles. The van der Waals surface area contributed by atoms with Gasteiger partial charge >= 0.3 is 0 Å². The summed E-state index contributed by atoms with van der Waals surface area (Å²) in [6.45, 7) is 7.90. The number of nitrogens with one attached hydrogen (secondary N) is 1. The molecule has 0 aliphatic carbocycles. The molecule has 0 unspecified atom stereocenters. The maximum absolute atomic E-state index is 12.7. The van der Waals surface area contributed by atoms with Gasteiger partial charge in [-0.3, -0.25) is 4.79 Å². The van der Waals surface area contributed by atoms with Gasteiger partial charge in [-0.2, -0.15) is 10.2 Å². The second-order valence-electron chi connectivity index (χ2n) is 7.03. The van der Waals surface area contributed by atoms with Crippen LogP contribution in [0.15, 0.2) is 41.1 Å². The molecule has 0 saturated heterocycles. The number of pyridine rings is 1. The number of aromatic nitrogens is 5. The molecule has 0 bridgehead atoms. The van der Waals surface area contributed by atoms with E-state index in [1.165, 1.54) is 0 Å². The van der Waals surface area contributed by atoms with Crippen LogP contribution < -0.4 is 5.32 Å². The zero-order valence-electron chi connectivity index (χ0n) is 16.3. The first-order chi connectivity index (χ1) is 13.4. The number of nitrogens with zero attached hydrogens (tertiary/aromatic N) is 5. The van der Waals surface area contributed by atoms with Crippen LogP contribution >= 0.6 is 0 Å². The van der Waals surface area contributed by atoms with E-state index in [2.05, 4.69) is 20.5 Å². The van der Waals surface area contributed by atoms with Crippen molar-refractivity contribution in [3.8, 4) is 11.3 Å². The first-order valence-electron chi connectivity index (χ1n) is 9.16. The van der Waals surface area contributed by atoms with E-state index in [4.69, 9.17) is 4.42 Å². The van der Waals surface area contributed by atoms with Crippen molar-refractivity contribution < 1.29 is 9.21 Å². The van der Waals surface area contributed by atoms with Gasteiger partial charge in [-0.05, 0) is 45.9 Å². The molecular weight excluding hydrogens is 356 g/mol. The Kier molecular flexibility index (Phi) is 4.46. The summed E-state index contributed by atoms with van der Waals surface area (Å²) in [4.78, 5) is 17.1. The number of fused-ring (bicyclic) bond motifs is 1. The molecule has 0 aromatic carbocycles. The second-order valence-corrected chi connectivity index (χ2v) is 7.03. The molecule has 0 fully saturated rings. The molecule has 0 spiro atoms. The van der Waals surface area contributed by atoms with Crippen LogP contribution in [-0.4, -0.2) is 30.5 Å². The standard InChI is InChI=1S/C20H22N6O2/c1-12(2)26-17(10-13(3)23-26)22-18(27)11-25-20-19(14(4)24-25)15(7-8-21-20)16-6-5-9-28-16/h5-10,12H,11H2,1-4H3,(H,22,27). The highest BCUT2D eigenvalue weighted by Gasteiger charge is 2.18. The molecule has 1 N–H and O–H groups in total. The summed E-state index contributed by atoms with van der Waals surface area (Å²) in [7, 11) is 0. The van der Waals surface area contributed by atoms with E-state index >= 15 is 0 Å². The van der Waals surface area contributed by atoms with Gasteiger partial charge in [0.05, 0.1) is 23.0 Å². The number of anilines is 1. The molecule has 4 rings (SSSR count). The molecule has 144 valence electrons. The lowest BCUT2D eigenvalue weighted by molar-refractivity contribution is -0.116. The van der Waals surface area contributed by atoms with Crippen LogP contribution in [0.5, 0.6) is 0 Å². The van der Waals surface area contributed by atoms with E-state index in [-0.39, 0.29) is 18.5 Å². The number of hydrogen-bond donors (Lipinski definition) is 1. The fourth-order valence-electron chi connectivity index (χ4n) is 3.35. The third kappa shape index (κ3) is 3.17. The topological polar surface area (TPSA) is 90.8 Å². The first-order valence-corrected chi connectivity index (χ1v) is 9.16. The molecular formula is C20H22N6O2. The van der Waals surface area contributed by atoms with Crippen molar-refractivity contribution in [2.75, 3.05) is 5.32 Å². The van der Waals surface area contributed by atoms with Gasteiger partial charge in [-0.1, -0.05) is 0 Å². The first kappa shape index (κ1) is 18.0. The van der Waals surface area contributed by atoms with Gasteiger partial charge in [0.2, 0.25) is 5.91 Å². The predicted octanol–water partition coefficient (Wildman–Crippen LogP) is 3.72. The van der Waals surface area contributed by atoms with Gasteiger partial charge in [-0.15, -0.1) is 0 Å². The summed E-state index contributed by atoms with van der Waals surface area (Å²) >= 11 is 0. The Bertz CT molecular complexity index is 1140. The Morgan fingerprint density at radius 1 is 1.25 bits per heavy atom. The molecule has 28 heavy (non-hydrogen) atoms. The monoisotopic (exact) mass is 378 g/mol. The van der Waals surface area contributed by atoms with E-state index < -0.39 is 0 Å². The van der Waals surface area contributed by atoms with Crippen molar-refractivity contribution in [3.05, 3.63) is 48.1 Å². The highest BCUT2D eigenvalue weighted by molar-refractivity contribution is 5.95. The molecule has 0 atom stereocenters. The van der Waals surface area contributed by atoms with Crippen molar-refractivity contribution in [3.63, 3.8) is 0 Å². The number of furan rings is 1. The third-order valence-electron chi connectivity index (χ3n) is 4.50. The van der Waals surface area contributed by atoms with Gasteiger partial charge in [-0.25, -0.2) is 14.3 Å². The Hall–Kier alpha value is -3.42. The van der Waals surface area contributed by atoms with Crippen molar-refractivity contribution in [1.82, 2.24) is 24.5 Å². The normalized spacial score (nSPS) is 11.5. The summed E-state index contributed by atoms with van der Waals surface area (Å²) < 4.78 is 8.96. The minimum Gasteiger partial charge on any atom is -0.464 e. The SMILES string of the molecule is Cc1cc(NC(=O)Cn2nc(C)c3c(-c4ccco4)ccnc32)n(C(C)C)n1. The molecule has 8 heteroatoms. The quantitative estimate of drug-likeness (QED) is 0.571. The molecule has 4 aromatic rings. The minimum absolute atomic E-state index is 0.0568. The molecule has 0 aliphatic rings. The summed E-state index contributed by atoms with van der Waals surface area (Å²) in [5.74, 6) is 1.24. The average molecular weight is 378 g/mol. The zero-order valence-corrected chi connectivity index (χ0v) is 16.3. The number of hydrogen-bond acceptors (Lipinski definition) is 5. The lowest BCUT2D eigenvalue weighted by atomic mass is 10.1. The Labute approximate surface area is 162 Å². The fourth-order valence-corrected chi connectivity index (χ4v) is 3.35. The highest BCUT2D eigenvalue weighted by Crippen LogP contribution is 2.30. The second kappa shape index (κ2) is 6.95. The van der Waals surface area contributed by atoms with Crippen LogP contribution in [0.2, 0.25) is 0 Å². The van der Waals surface area contributed by atoms with Crippen LogP contribution in [0.1, 0.15) is 31.3 Å². The Morgan fingerprint density at radius 2 is 2.07 bits per heavy atom. The lowest BCUT2D eigenvalue weighted by Crippen LogP contribution is -2.22. The zero-order chi connectivity index (χ0) is 19.8. The molecule has 1 amide bonds. The number of aryl methyl sites for hydroxylation is 2. The van der Waals surface area contributed by atoms with Gasteiger partial charge in [0.15, 0.2) is 5.65 Å². The van der Waals surface area contributed by atoms with E-state index in [1.54, 1.807) is 21.8 Å². The van der Waals surface area contributed by atoms with Gasteiger partial charge < -0.3 is 9.73 Å². The van der Waals surface area contributed by atoms with E-state index in [0.717, 1.165) is 28.1 Å². The molecule has 0 aliphatic heterocycles. The van der Waals surface area contributed by atoms with Crippen LogP contribution in [0, 0.1) is 13.8 Å². The lowest BCUT2D eigenvalue weighted by Gasteiger charge is -2.12. The summed E-state index contributed by atoms with van der Waals surface area (Å²) in [5.41, 5.74) is 3.21. The number of rotatable bonds is 5. The van der Waals surface area contributed by atoms with Crippen molar-refractivity contribution in [1.29, 1.82) is 0 Å². The predicted molar refractivity (Wildman–Crippen MR) is 106 cm³/mol. The van der Waals surface area contributed by atoms with Crippen molar-refractivity contribution in [2.24, 2.45) is 0 Å². The summed E-state index contributed by atoms with van der Waals surface area (Å²) in [6.07, 6.45) is 3.33. The van der Waals surface area contributed by atoms with Crippen LogP contribution in [0.4, 0.5) is 5.82 Å². The van der Waals surface area contributed by atoms with Crippen LogP contribution in [-0.2, 0) is 11.3 Å². The minimum atomic E-state index is -0.184. The Balaban J connectivity index is 1.64. The fraction of sp³-hybridized carbons (Fsp3) is 0.300. The Morgan fingerprint density at radius 3 is 2.79 bits per heavy atom. The highest BCUT2D eigenvalue weighted by atomic mass is 16.3. The average Bonchev–Trinajstić information content (AvgIpc) is 3.36. The van der Waals surface area contributed by atoms with Crippen LogP contribution in [0.25, 0.3) is 22.4 Å². The van der Waals surface area contributed by atoms with E-state index in [0.29, 0.717) is 11.5 Å². The molecule has 4 heterocycles. The maximum atomic E-state index is 12.7. The van der Waals surface area contributed by atoms with Crippen LogP contribution in [0.3, 0.4) is 0 Å². The summed E-state index contributed by atoms with van der Waals surface area (Å²) in [6, 6.07) is 7.64. The van der Waals surface area contributed by atoms with E-state index in [1.807, 2.05) is 52.0 Å². The molecule has 0 radical (unpaired) electrons. The smallest absolute Gasteiger partial charge is 0.247 e. The molecule has 8 nitrogen and oxygen atoms in total. The van der Waals surface area contributed by atoms with Crippen molar-refractivity contribution >= 4 is 22.8 Å². The third-order valence-corrected chi connectivity index (χ3v) is 4.50. The largest absolute Gasteiger partial charge is 0.464 e. The van der Waals surface area contributed by atoms with E-state index in [9.17, 15) is 4.79 Å². The number of carbonyl (C=O) groups excluding carboxylic acids is 1. The number of carbonyl (C=O) groups is 1. The molecule has 0 saturated carbocycles. The maximum Gasteiger partial charge on any atom is 0.247 e. The van der Waals surface area contributed by atoms with Gasteiger partial charge in [0.25, 0.3) is 0 Å². The van der Waals surface area contributed by atoms with Crippen molar-refractivity contribution in [2.45, 2.75) is 40.3 Å². The summed E-state index contributed by atoms with van der Waals surface area (Å²) in [5, 5.41) is 12.8. The van der Waals surface area contributed by atoms with Gasteiger partial charge in [0, 0.05) is 23.9 Å². The number of amides is 1.